The average molecular weight is 353 g/mol. The van der Waals surface area contributed by atoms with Crippen LogP contribution < -0.4 is 11.1 Å². The van der Waals surface area contributed by atoms with Gasteiger partial charge in [-0.05, 0) is 34.7 Å². The number of rotatable bonds is 2. The summed E-state index contributed by atoms with van der Waals surface area (Å²) in [5, 5.41) is 6.68. The second-order valence-electron chi connectivity index (χ2n) is 6.54. The van der Waals surface area contributed by atoms with Crippen molar-refractivity contribution in [3.63, 3.8) is 0 Å². The van der Waals surface area contributed by atoms with E-state index >= 15 is 0 Å². The molecule has 0 saturated heterocycles. The monoisotopic (exact) mass is 353 g/mol. The first kappa shape index (κ1) is 15.6. The van der Waals surface area contributed by atoms with Gasteiger partial charge in [0, 0.05) is 21.8 Å². The molecule has 5 rings (SSSR count). The van der Waals surface area contributed by atoms with Crippen molar-refractivity contribution in [2.45, 2.75) is 0 Å². The van der Waals surface area contributed by atoms with Gasteiger partial charge in [0.1, 0.15) is 5.82 Å². The van der Waals surface area contributed by atoms with Gasteiger partial charge in [-0.1, -0.05) is 60.7 Å². The molecule has 0 atom stereocenters. The van der Waals surface area contributed by atoms with E-state index in [0.29, 0.717) is 5.39 Å². The zero-order chi connectivity index (χ0) is 18.4. The van der Waals surface area contributed by atoms with Crippen LogP contribution >= 0.6 is 0 Å². The van der Waals surface area contributed by atoms with E-state index < -0.39 is 0 Å². The fourth-order valence-corrected chi connectivity index (χ4v) is 3.67. The van der Waals surface area contributed by atoms with E-state index in [1.54, 1.807) is 12.1 Å². The van der Waals surface area contributed by atoms with Crippen LogP contribution in [0.3, 0.4) is 0 Å². The molecule has 0 heterocycles. The minimum Gasteiger partial charge on any atom is -0.369 e. The lowest BCUT2D eigenvalue weighted by Crippen LogP contribution is -2.22. The molecular formula is C23H16FN3. The summed E-state index contributed by atoms with van der Waals surface area (Å²) in [6.07, 6.45) is 4.22. The molecule has 3 N–H and O–H groups in total. The van der Waals surface area contributed by atoms with Crippen LogP contribution in [-0.2, 0) is 0 Å². The highest BCUT2D eigenvalue weighted by molar-refractivity contribution is 6.10. The average Bonchev–Trinajstić information content (AvgIpc) is 3.11. The summed E-state index contributed by atoms with van der Waals surface area (Å²) in [6, 6.07) is 20.6. The van der Waals surface area contributed by atoms with E-state index in [2.05, 4.69) is 40.7 Å². The van der Waals surface area contributed by atoms with Gasteiger partial charge >= 0.3 is 0 Å². The Bertz CT molecular complexity index is 1260. The lowest BCUT2D eigenvalue weighted by atomic mass is 10.0. The summed E-state index contributed by atoms with van der Waals surface area (Å²) in [4.78, 5) is 4.58. The third-order valence-electron chi connectivity index (χ3n) is 4.90. The standard InChI is InChI=1S/C23H16FN3/c24-19-11-13-20(17-6-2-1-5-16(17)19)26-23(25)27-21-12-10-15-9-8-14-4-3-7-18(21)22(14)15/h1-13H,(H3,25,26,27). The van der Waals surface area contributed by atoms with Crippen molar-refractivity contribution in [3.05, 3.63) is 83.7 Å². The summed E-state index contributed by atoms with van der Waals surface area (Å²) in [6.45, 7) is 0. The Morgan fingerprint density at radius 3 is 2.37 bits per heavy atom. The smallest absolute Gasteiger partial charge is 0.198 e. The largest absolute Gasteiger partial charge is 0.369 e. The topological polar surface area (TPSA) is 50.4 Å². The van der Waals surface area contributed by atoms with Gasteiger partial charge in [0.25, 0.3) is 0 Å². The first-order valence-electron chi connectivity index (χ1n) is 8.73. The minimum absolute atomic E-state index is 0.258. The molecule has 0 aliphatic heterocycles. The predicted molar refractivity (Wildman–Crippen MR) is 112 cm³/mol. The maximum atomic E-state index is 14.0. The Hall–Kier alpha value is -3.66. The fraction of sp³-hybridized carbons (Fsp3) is 0. The van der Waals surface area contributed by atoms with Crippen LogP contribution in [0.5, 0.6) is 0 Å². The van der Waals surface area contributed by atoms with Gasteiger partial charge in [-0.25, -0.2) is 9.38 Å². The van der Waals surface area contributed by atoms with Crippen molar-refractivity contribution >= 4 is 51.0 Å². The molecule has 1 aliphatic rings. The molecule has 1 aliphatic carbocycles. The quantitative estimate of drug-likeness (QED) is 0.317. The van der Waals surface area contributed by atoms with Gasteiger partial charge in [-0.2, -0.15) is 0 Å². The molecule has 27 heavy (non-hydrogen) atoms. The maximum absolute atomic E-state index is 14.0. The van der Waals surface area contributed by atoms with Crippen LogP contribution in [0.4, 0.5) is 15.8 Å². The van der Waals surface area contributed by atoms with Crippen LogP contribution in [0.2, 0.25) is 0 Å². The maximum Gasteiger partial charge on any atom is 0.198 e. The number of halogens is 1. The van der Waals surface area contributed by atoms with Crippen molar-refractivity contribution in [3.8, 4) is 0 Å². The summed E-state index contributed by atoms with van der Waals surface area (Å²) >= 11 is 0. The highest BCUT2D eigenvalue weighted by Gasteiger charge is 2.12. The number of fused-ring (bicyclic) bond motifs is 1. The van der Waals surface area contributed by atoms with E-state index in [-0.39, 0.29) is 11.8 Å². The highest BCUT2D eigenvalue weighted by Crippen LogP contribution is 2.36. The Morgan fingerprint density at radius 2 is 1.52 bits per heavy atom. The number of nitrogens with zero attached hydrogens (tertiary/aromatic N) is 1. The van der Waals surface area contributed by atoms with Gasteiger partial charge < -0.3 is 11.1 Å². The number of hydrogen-bond donors (Lipinski definition) is 2. The molecule has 0 spiro atoms. The molecule has 0 unspecified atom stereocenters. The normalized spacial score (nSPS) is 12.9. The van der Waals surface area contributed by atoms with E-state index in [0.717, 1.165) is 22.1 Å². The molecule has 0 radical (unpaired) electrons. The molecule has 0 saturated carbocycles. The minimum atomic E-state index is -0.258. The van der Waals surface area contributed by atoms with Crippen LogP contribution in [0.15, 0.2) is 71.7 Å². The van der Waals surface area contributed by atoms with Gasteiger partial charge in [0.15, 0.2) is 5.96 Å². The van der Waals surface area contributed by atoms with E-state index in [1.165, 1.54) is 22.6 Å². The molecule has 0 bridgehead atoms. The molecule has 4 aromatic rings. The zero-order valence-corrected chi connectivity index (χ0v) is 14.4. The summed E-state index contributed by atoms with van der Waals surface area (Å²) in [5.74, 6) is 0.00471. The Morgan fingerprint density at radius 1 is 0.778 bits per heavy atom. The molecule has 4 aromatic carbocycles. The molecule has 4 heteroatoms. The zero-order valence-electron chi connectivity index (χ0n) is 14.4. The second-order valence-corrected chi connectivity index (χ2v) is 6.54. The highest BCUT2D eigenvalue weighted by atomic mass is 19.1. The second kappa shape index (κ2) is 5.95. The SMILES string of the molecule is NC(=Nc1ccc2c3c(cccc13)C=C2)Nc1ccc(F)c2ccccc12. The van der Waals surface area contributed by atoms with Crippen molar-refractivity contribution in [2.75, 3.05) is 5.32 Å². The third-order valence-corrected chi connectivity index (χ3v) is 4.90. The molecule has 130 valence electrons. The number of aliphatic imine (C=N–C) groups is 1. The lowest BCUT2D eigenvalue weighted by Gasteiger charge is -2.11. The van der Waals surface area contributed by atoms with Gasteiger partial charge in [0.2, 0.25) is 0 Å². The molecular weight excluding hydrogens is 337 g/mol. The van der Waals surface area contributed by atoms with Crippen LogP contribution in [0.1, 0.15) is 11.1 Å². The van der Waals surface area contributed by atoms with Crippen LogP contribution in [0.25, 0.3) is 33.7 Å². The lowest BCUT2D eigenvalue weighted by molar-refractivity contribution is 0.640. The Balaban J connectivity index is 1.57. The van der Waals surface area contributed by atoms with E-state index in [9.17, 15) is 4.39 Å². The van der Waals surface area contributed by atoms with Crippen molar-refractivity contribution in [2.24, 2.45) is 10.7 Å². The summed E-state index contributed by atoms with van der Waals surface area (Å²) in [7, 11) is 0. The number of nitrogens with two attached hydrogens (primary N) is 1. The predicted octanol–water partition coefficient (Wildman–Crippen LogP) is 5.67. The fourth-order valence-electron chi connectivity index (χ4n) is 3.67. The Labute approximate surface area is 155 Å². The van der Waals surface area contributed by atoms with Gasteiger partial charge in [0.05, 0.1) is 5.69 Å². The van der Waals surface area contributed by atoms with Crippen molar-refractivity contribution < 1.29 is 4.39 Å². The number of nitrogens with one attached hydrogen (secondary N) is 1. The molecule has 0 fully saturated rings. The van der Waals surface area contributed by atoms with Crippen LogP contribution in [-0.4, -0.2) is 5.96 Å². The van der Waals surface area contributed by atoms with Crippen molar-refractivity contribution in [1.82, 2.24) is 0 Å². The molecule has 0 aromatic heterocycles. The number of guanidine groups is 1. The Kier molecular flexibility index (Phi) is 3.44. The van der Waals surface area contributed by atoms with E-state index in [4.69, 9.17) is 5.73 Å². The van der Waals surface area contributed by atoms with Crippen molar-refractivity contribution in [1.29, 1.82) is 0 Å². The third kappa shape index (κ3) is 2.54. The molecule has 3 nitrogen and oxygen atoms in total. The number of benzene rings is 4. The van der Waals surface area contributed by atoms with E-state index in [1.807, 2.05) is 30.3 Å². The number of anilines is 1. The summed E-state index contributed by atoms with van der Waals surface area (Å²) in [5.41, 5.74) is 10.1. The first-order valence-corrected chi connectivity index (χ1v) is 8.73. The van der Waals surface area contributed by atoms with Gasteiger partial charge in [-0.15, -0.1) is 0 Å². The first-order chi connectivity index (χ1) is 13.2. The molecule has 0 amide bonds. The summed E-state index contributed by atoms with van der Waals surface area (Å²) < 4.78 is 14.0. The van der Waals surface area contributed by atoms with Crippen LogP contribution in [0, 0.1) is 5.82 Å². The number of hydrogen-bond acceptors (Lipinski definition) is 1. The van der Waals surface area contributed by atoms with Gasteiger partial charge in [-0.3, -0.25) is 0 Å².